The molecule has 3 heteroatoms. The zero-order valence-electron chi connectivity index (χ0n) is 12.9. The first kappa shape index (κ1) is 13.0. The van der Waals surface area contributed by atoms with Crippen LogP contribution in [0, 0.1) is 13.8 Å². The molecule has 3 nitrogen and oxygen atoms in total. The average Bonchev–Trinajstić information content (AvgIpc) is 2.85. The van der Waals surface area contributed by atoms with Crippen molar-refractivity contribution in [2.45, 2.75) is 13.8 Å². The van der Waals surface area contributed by atoms with Gasteiger partial charge >= 0.3 is 0 Å². The molecule has 0 aliphatic carbocycles. The first-order chi connectivity index (χ1) is 10.6. The summed E-state index contributed by atoms with van der Waals surface area (Å²) in [5.74, 6) is 0. The lowest BCUT2D eigenvalue weighted by Gasteiger charge is -2.04. The van der Waals surface area contributed by atoms with Gasteiger partial charge in [0, 0.05) is 40.9 Å². The number of hydrogen-bond acceptors (Lipinski definition) is 2. The van der Waals surface area contributed by atoms with Crippen LogP contribution in [-0.4, -0.2) is 4.98 Å². The Balaban J connectivity index is 2.16. The topological polar surface area (TPSA) is 29.9 Å². The van der Waals surface area contributed by atoms with Crippen molar-refractivity contribution in [2.24, 2.45) is 7.05 Å². The second kappa shape index (κ2) is 4.67. The second-order valence-electron chi connectivity index (χ2n) is 5.75. The lowest BCUT2D eigenvalue weighted by molar-refractivity contribution is -0.660. The van der Waals surface area contributed by atoms with E-state index in [0.29, 0.717) is 0 Å². The van der Waals surface area contributed by atoms with Gasteiger partial charge in [-0.15, -0.1) is 0 Å². The minimum absolute atomic E-state index is 0.896. The molecule has 0 amide bonds. The van der Waals surface area contributed by atoms with E-state index in [0.717, 1.165) is 38.9 Å². The summed E-state index contributed by atoms with van der Waals surface area (Å²) in [7, 11) is 2.06. The number of pyridine rings is 2. The van der Waals surface area contributed by atoms with Gasteiger partial charge in [0.05, 0.1) is 5.56 Å². The van der Waals surface area contributed by atoms with Gasteiger partial charge in [-0.05, 0) is 25.5 Å². The Morgan fingerprint density at radius 2 is 1.91 bits per heavy atom. The molecule has 4 aromatic rings. The molecule has 22 heavy (non-hydrogen) atoms. The predicted octanol–water partition coefficient (Wildman–Crippen LogP) is 4.09. The highest BCUT2D eigenvalue weighted by Gasteiger charge is 2.19. The molecule has 1 aromatic carbocycles. The highest BCUT2D eigenvalue weighted by molar-refractivity contribution is 6.09. The number of rotatable bonds is 1. The number of benzene rings is 1. The third kappa shape index (κ3) is 1.82. The van der Waals surface area contributed by atoms with Crippen molar-refractivity contribution in [3.63, 3.8) is 0 Å². The molecule has 0 spiro atoms. The molecule has 4 rings (SSSR count). The largest absolute Gasteiger partial charge is 0.455 e. The summed E-state index contributed by atoms with van der Waals surface area (Å²) >= 11 is 0. The lowest BCUT2D eigenvalue weighted by atomic mass is 10.0. The Morgan fingerprint density at radius 1 is 1.05 bits per heavy atom. The van der Waals surface area contributed by atoms with Crippen LogP contribution >= 0.6 is 0 Å². The van der Waals surface area contributed by atoms with Gasteiger partial charge in [-0.3, -0.25) is 4.98 Å². The quantitative estimate of drug-likeness (QED) is 0.494. The molecular formula is C19H17N2O+. The minimum Gasteiger partial charge on any atom is -0.455 e. The first-order valence-electron chi connectivity index (χ1n) is 7.38. The summed E-state index contributed by atoms with van der Waals surface area (Å²) in [5.41, 5.74) is 6.30. The number of aromatic nitrogens is 2. The fraction of sp³-hybridized carbons (Fsp3) is 0.158. The van der Waals surface area contributed by atoms with Crippen LogP contribution in [0.3, 0.4) is 0 Å². The van der Waals surface area contributed by atoms with E-state index >= 15 is 0 Å². The summed E-state index contributed by atoms with van der Waals surface area (Å²) in [6.45, 7) is 4.11. The molecule has 108 valence electrons. The van der Waals surface area contributed by atoms with Gasteiger partial charge < -0.3 is 4.42 Å². The maximum absolute atomic E-state index is 6.20. The van der Waals surface area contributed by atoms with E-state index in [1.807, 2.05) is 25.3 Å². The highest BCUT2D eigenvalue weighted by atomic mass is 16.3. The smallest absolute Gasteiger partial charge is 0.216 e. The molecule has 0 bridgehead atoms. The van der Waals surface area contributed by atoms with E-state index in [-0.39, 0.29) is 0 Å². The van der Waals surface area contributed by atoms with Crippen LogP contribution in [-0.2, 0) is 7.05 Å². The van der Waals surface area contributed by atoms with Crippen molar-refractivity contribution in [3.8, 4) is 11.3 Å². The minimum atomic E-state index is 0.896. The van der Waals surface area contributed by atoms with Gasteiger partial charge in [0.1, 0.15) is 18.2 Å². The fourth-order valence-electron chi connectivity index (χ4n) is 3.03. The van der Waals surface area contributed by atoms with Crippen LogP contribution in [0.25, 0.3) is 33.2 Å². The third-order valence-electron chi connectivity index (χ3n) is 4.18. The van der Waals surface area contributed by atoms with Crippen LogP contribution in [0.4, 0.5) is 0 Å². The van der Waals surface area contributed by atoms with Crippen molar-refractivity contribution in [3.05, 3.63) is 60.0 Å². The molecule has 0 N–H and O–H groups in total. The van der Waals surface area contributed by atoms with Crippen LogP contribution in [0.2, 0.25) is 0 Å². The lowest BCUT2D eigenvalue weighted by Crippen LogP contribution is -2.30. The van der Waals surface area contributed by atoms with Gasteiger partial charge in [-0.25, -0.2) is 4.57 Å². The van der Waals surface area contributed by atoms with Crippen molar-refractivity contribution in [1.82, 2.24) is 4.98 Å². The molecular weight excluding hydrogens is 272 g/mol. The number of hydrogen-bond donors (Lipinski definition) is 0. The van der Waals surface area contributed by atoms with E-state index in [4.69, 9.17) is 4.42 Å². The number of aryl methyl sites for hydroxylation is 3. The average molecular weight is 289 g/mol. The number of fused-ring (bicyclic) bond motifs is 3. The van der Waals surface area contributed by atoms with Gasteiger partial charge in [0.25, 0.3) is 0 Å². The van der Waals surface area contributed by atoms with Crippen LogP contribution in [0.15, 0.2) is 53.2 Å². The van der Waals surface area contributed by atoms with E-state index < -0.39 is 0 Å². The molecule has 3 aromatic heterocycles. The summed E-state index contributed by atoms with van der Waals surface area (Å²) in [6, 6.07) is 12.5. The highest BCUT2D eigenvalue weighted by Crippen LogP contribution is 2.36. The monoisotopic (exact) mass is 289 g/mol. The Bertz CT molecular complexity index is 1010. The summed E-state index contributed by atoms with van der Waals surface area (Å²) in [6.07, 6.45) is 3.96. The standard InChI is InChI=1S/C19H17N2O/c1-12-7-8-14-15-11-20-13(2)10-17(15)22-19(14)18(12)16-6-4-5-9-21(16)3/h4-11H,1-3H3/q+1. The van der Waals surface area contributed by atoms with Crippen LogP contribution in [0.5, 0.6) is 0 Å². The molecule has 0 saturated heterocycles. The predicted molar refractivity (Wildman–Crippen MR) is 87.6 cm³/mol. The van der Waals surface area contributed by atoms with Crippen molar-refractivity contribution < 1.29 is 8.98 Å². The Kier molecular flexibility index (Phi) is 2.76. The normalized spacial score (nSPS) is 11.4. The van der Waals surface area contributed by atoms with Crippen molar-refractivity contribution >= 4 is 21.9 Å². The second-order valence-corrected chi connectivity index (χ2v) is 5.75. The van der Waals surface area contributed by atoms with Gasteiger partial charge in [-0.1, -0.05) is 12.1 Å². The molecule has 0 aliphatic heterocycles. The fourth-order valence-corrected chi connectivity index (χ4v) is 3.03. The molecule has 0 radical (unpaired) electrons. The van der Waals surface area contributed by atoms with Crippen molar-refractivity contribution in [2.75, 3.05) is 0 Å². The molecule has 0 fully saturated rings. The molecule has 0 unspecified atom stereocenters. The van der Waals surface area contributed by atoms with Crippen LogP contribution in [0.1, 0.15) is 11.3 Å². The van der Waals surface area contributed by atoms with Crippen molar-refractivity contribution in [1.29, 1.82) is 0 Å². The SMILES string of the molecule is Cc1cc2oc3c(-c4cccc[n+]4C)c(C)ccc3c2cn1. The maximum Gasteiger partial charge on any atom is 0.216 e. The molecule has 0 atom stereocenters. The molecule has 0 aliphatic rings. The van der Waals surface area contributed by atoms with E-state index in [1.54, 1.807) is 0 Å². The van der Waals surface area contributed by atoms with Gasteiger partial charge in [0.2, 0.25) is 5.69 Å². The third-order valence-corrected chi connectivity index (χ3v) is 4.18. The Labute approximate surface area is 128 Å². The zero-order valence-corrected chi connectivity index (χ0v) is 12.9. The Morgan fingerprint density at radius 3 is 2.73 bits per heavy atom. The summed E-state index contributed by atoms with van der Waals surface area (Å²) < 4.78 is 8.32. The molecule has 3 heterocycles. The van der Waals surface area contributed by atoms with E-state index in [1.165, 1.54) is 5.56 Å². The maximum atomic E-state index is 6.20. The molecule has 0 saturated carbocycles. The number of furan rings is 1. The number of nitrogens with zero attached hydrogens (tertiary/aromatic N) is 2. The van der Waals surface area contributed by atoms with E-state index in [2.05, 4.69) is 54.0 Å². The first-order valence-corrected chi connectivity index (χ1v) is 7.38. The van der Waals surface area contributed by atoms with Gasteiger partial charge in [0.15, 0.2) is 6.20 Å². The summed E-state index contributed by atoms with van der Waals surface area (Å²) in [5, 5.41) is 2.19. The van der Waals surface area contributed by atoms with Gasteiger partial charge in [-0.2, -0.15) is 0 Å². The van der Waals surface area contributed by atoms with E-state index in [9.17, 15) is 0 Å². The Hall–Kier alpha value is -2.68. The summed E-state index contributed by atoms with van der Waals surface area (Å²) in [4.78, 5) is 4.41. The zero-order chi connectivity index (χ0) is 15.3. The van der Waals surface area contributed by atoms with Crippen LogP contribution < -0.4 is 4.57 Å².